The van der Waals surface area contributed by atoms with Gasteiger partial charge in [0.15, 0.2) is 0 Å². The zero-order chi connectivity index (χ0) is 17.2. The Hall–Kier alpha value is -3.34. The maximum absolute atomic E-state index is 12.4. The monoisotopic (exact) mass is 330 g/mol. The van der Waals surface area contributed by atoms with E-state index in [-0.39, 0.29) is 5.91 Å². The quantitative estimate of drug-likeness (QED) is 0.597. The van der Waals surface area contributed by atoms with Gasteiger partial charge in [-0.3, -0.25) is 4.79 Å². The van der Waals surface area contributed by atoms with E-state index in [0.717, 1.165) is 33.5 Å². The van der Waals surface area contributed by atoms with Crippen LogP contribution in [0.2, 0.25) is 0 Å². The Bertz CT molecular complexity index is 1010. The molecule has 0 bridgehead atoms. The molecule has 4 aromatic rings. The van der Waals surface area contributed by atoms with Crippen molar-refractivity contribution in [2.45, 2.75) is 13.3 Å². The maximum Gasteiger partial charge on any atom is 0.228 e. The van der Waals surface area contributed by atoms with Gasteiger partial charge >= 0.3 is 0 Å². The molecule has 0 saturated heterocycles. The molecule has 124 valence electrons. The molecule has 2 heterocycles. The highest BCUT2D eigenvalue weighted by Crippen LogP contribution is 2.23. The number of H-pyrrole nitrogens is 1. The minimum atomic E-state index is -0.0248. The molecule has 2 N–H and O–H groups in total. The van der Waals surface area contributed by atoms with Gasteiger partial charge in [-0.25, -0.2) is 4.98 Å². The number of benzene rings is 2. The number of amides is 1. The Balaban J connectivity index is 1.49. The molecule has 1 amide bonds. The summed E-state index contributed by atoms with van der Waals surface area (Å²) in [6.45, 7) is 2.00. The molecule has 0 aliphatic heterocycles. The van der Waals surface area contributed by atoms with Gasteiger partial charge in [0.1, 0.15) is 0 Å². The number of hydrogen-bond donors (Lipinski definition) is 2. The van der Waals surface area contributed by atoms with Crippen LogP contribution in [0.15, 0.2) is 67.3 Å². The molecule has 0 unspecified atom stereocenters. The number of carbonyl (C=O) groups excluding carboxylic acids is 1. The molecule has 0 radical (unpaired) electrons. The second-order valence-corrected chi connectivity index (χ2v) is 6.02. The standard InChI is InChI=1S/C20H18N4O/c1-14-18(17-4-2-3-5-19(17)22-14)12-20(25)23-15-6-8-16(9-7-15)24-11-10-21-13-24/h2-11,13,22H,12H2,1H3,(H,23,25). The number of imidazole rings is 1. The van der Waals surface area contributed by atoms with Gasteiger partial charge in [0.2, 0.25) is 5.91 Å². The fraction of sp³-hybridized carbons (Fsp3) is 0.100. The first-order chi connectivity index (χ1) is 12.2. The minimum absolute atomic E-state index is 0.0248. The zero-order valence-corrected chi connectivity index (χ0v) is 13.9. The molecule has 25 heavy (non-hydrogen) atoms. The molecular formula is C20H18N4O. The van der Waals surface area contributed by atoms with Crippen molar-refractivity contribution in [2.75, 3.05) is 5.32 Å². The lowest BCUT2D eigenvalue weighted by atomic mass is 10.1. The topological polar surface area (TPSA) is 62.7 Å². The van der Waals surface area contributed by atoms with Gasteiger partial charge in [0.05, 0.1) is 12.7 Å². The van der Waals surface area contributed by atoms with Crippen LogP contribution in [0, 0.1) is 6.92 Å². The number of fused-ring (bicyclic) bond motifs is 1. The molecule has 5 heteroatoms. The number of anilines is 1. The summed E-state index contributed by atoms with van der Waals surface area (Å²) in [5.41, 5.74) is 4.93. The van der Waals surface area contributed by atoms with E-state index in [1.807, 2.05) is 66.2 Å². The Morgan fingerprint density at radius 3 is 2.72 bits per heavy atom. The predicted octanol–water partition coefficient (Wildman–Crippen LogP) is 3.84. The first kappa shape index (κ1) is 15.2. The molecule has 0 atom stereocenters. The highest BCUT2D eigenvalue weighted by Gasteiger charge is 2.12. The van der Waals surface area contributed by atoms with Crippen LogP contribution in [0.4, 0.5) is 5.69 Å². The summed E-state index contributed by atoms with van der Waals surface area (Å²) in [5, 5.41) is 4.07. The van der Waals surface area contributed by atoms with Gasteiger partial charge in [-0.15, -0.1) is 0 Å². The average molecular weight is 330 g/mol. The SMILES string of the molecule is Cc1[nH]c2ccccc2c1CC(=O)Nc1ccc(-n2ccnc2)cc1. The minimum Gasteiger partial charge on any atom is -0.358 e. The van der Waals surface area contributed by atoms with Crippen molar-refractivity contribution >= 4 is 22.5 Å². The van der Waals surface area contributed by atoms with E-state index in [0.29, 0.717) is 6.42 Å². The molecule has 5 nitrogen and oxygen atoms in total. The predicted molar refractivity (Wildman–Crippen MR) is 98.9 cm³/mol. The molecular weight excluding hydrogens is 312 g/mol. The van der Waals surface area contributed by atoms with Gasteiger partial charge in [-0.2, -0.15) is 0 Å². The number of hydrogen-bond acceptors (Lipinski definition) is 2. The van der Waals surface area contributed by atoms with Gasteiger partial charge in [0, 0.05) is 40.4 Å². The first-order valence-electron chi connectivity index (χ1n) is 8.15. The van der Waals surface area contributed by atoms with E-state index in [9.17, 15) is 4.79 Å². The molecule has 0 saturated carbocycles. The third kappa shape index (κ3) is 3.04. The second kappa shape index (κ2) is 6.28. The lowest BCUT2D eigenvalue weighted by Crippen LogP contribution is -2.14. The second-order valence-electron chi connectivity index (χ2n) is 6.02. The first-order valence-corrected chi connectivity index (χ1v) is 8.15. The Kier molecular flexibility index (Phi) is 3.82. The Morgan fingerprint density at radius 1 is 1.16 bits per heavy atom. The van der Waals surface area contributed by atoms with Crippen molar-refractivity contribution in [2.24, 2.45) is 0 Å². The van der Waals surface area contributed by atoms with Crippen molar-refractivity contribution in [1.29, 1.82) is 0 Å². The highest BCUT2D eigenvalue weighted by atomic mass is 16.1. The van der Waals surface area contributed by atoms with Crippen LogP contribution in [0.5, 0.6) is 0 Å². The largest absolute Gasteiger partial charge is 0.358 e. The summed E-state index contributed by atoms with van der Waals surface area (Å²) in [6, 6.07) is 15.8. The van der Waals surface area contributed by atoms with Crippen molar-refractivity contribution in [3.63, 3.8) is 0 Å². The molecule has 2 aromatic heterocycles. The van der Waals surface area contributed by atoms with Crippen molar-refractivity contribution in [3.05, 3.63) is 78.5 Å². The maximum atomic E-state index is 12.4. The summed E-state index contributed by atoms with van der Waals surface area (Å²) in [7, 11) is 0. The van der Waals surface area contributed by atoms with E-state index in [4.69, 9.17) is 0 Å². The fourth-order valence-corrected chi connectivity index (χ4v) is 3.06. The molecule has 0 aliphatic carbocycles. The summed E-state index contributed by atoms with van der Waals surface area (Å²) in [6.07, 6.45) is 5.71. The Morgan fingerprint density at radius 2 is 1.96 bits per heavy atom. The van der Waals surface area contributed by atoms with Crippen molar-refractivity contribution in [1.82, 2.24) is 14.5 Å². The van der Waals surface area contributed by atoms with E-state index >= 15 is 0 Å². The van der Waals surface area contributed by atoms with Crippen LogP contribution < -0.4 is 5.32 Å². The van der Waals surface area contributed by atoms with Gasteiger partial charge in [-0.1, -0.05) is 18.2 Å². The van der Waals surface area contributed by atoms with E-state index in [1.165, 1.54) is 0 Å². The van der Waals surface area contributed by atoms with E-state index in [2.05, 4.69) is 15.3 Å². The summed E-state index contributed by atoms with van der Waals surface area (Å²) in [5.74, 6) is -0.0248. The van der Waals surface area contributed by atoms with Gasteiger partial charge in [0.25, 0.3) is 0 Å². The summed E-state index contributed by atoms with van der Waals surface area (Å²) in [4.78, 5) is 19.8. The van der Waals surface area contributed by atoms with E-state index in [1.54, 1.807) is 12.5 Å². The summed E-state index contributed by atoms with van der Waals surface area (Å²) >= 11 is 0. The highest BCUT2D eigenvalue weighted by molar-refractivity contribution is 5.96. The third-order valence-electron chi connectivity index (χ3n) is 4.32. The number of nitrogens with one attached hydrogen (secondary N) is 2. The van der Waals surface area contributed by atoms with Crippen molar-refractivity contribution < 1.29 is 4.79 Å². The Labute approximate surface area is 145 Å². The van der Waals surface area contributed by atoms with Crippen LogP contribution in [0.1, 0.15) is 11.3 Å². The molecule has 0 aliphatic rings. The number of rotatable bonds is 4. The smallest absolute Gasteiger partial charge is 0.228 e. The average Bonchev–Trinajstić information content (AvgIpc) is 3.25. The molecule has 0 spiro atoms. The number of aromatic nitrogens is 3. The van der Waals surface area contributed by atoms with Crippen LogP contribution in [0.3, 0.4) is 0 Å². The normalized spacial score (nSPS) is 10.9. The lowest BCUT2D eigenvalue weighted by Gasteiger charge is -2.07. The lowest BCUT2D eigenvalue weighted by molar-refractivity contribution is -0.115. The van der Waals surface area contributed by atoms with Gasteiger partial charge < -0.3 is 14.9 Å². The number of aryl methyl sites for hydroxylation is 1. The molecule has 0 fully saturated rings. The number of nitrogens with zero attached hydrogens (tertiary/aromatic N) is 2. The fourth-order valence-electron chi connectivity index (χ4n) is 3.06. The van der Waals surface area contributed by atoms with Crippen LogP contribution in [-0.2, 0) is 11.2 Å². The number of carbonyl (C=O) groups is 1. The number of para-hydroxylation sites is 1. The van der Waals surface area contributed by atoms with Crippen LogP contribution in [-0.4, -0.2) is 20.4 Å². The third-order valence-corrected chi connectivity index (χ3v) is 4.32. The zero-order valence-electron chi connectivity index (χ0n) is 13.9. The van der Waals surface area contributed by atoms with Crippen LogP contribution in [0.25, 0.3) is 16.6 Å². The van der Waals surface area contributed by atoms with Crippen LogP contribution >= 0.6 is 0 Å². The van der Waals surface area contributed by atoms with E-state index < -0.39 is 0 Å². The number of aromatic amines is 1. The summed E-state index contributed by atoms with van der Waals surface area (Å²) < 4.78 is 1.92. The molecule has 2 aromatic carbocycles. The van der Waals surface area contributed by atoms with Crippen molar-refractivity contribution in [3.8, 4) is 5.69 Å². The molecule has 4 rings (SSSR count). The van der Waals surface area contributed by atoms with Gasteiger partial charge in [-0.05, 0) is 42.8 Å².